The smallest absolute Gasteiger partial charge is 0.416 e. The first-order chi connectivity index (χ1) is 22.6. The van der Waals surface area contributed by atoms with E-state index in [9.17, 15) is 28.2 Å². The minimum absolute atomic E-state index is 0.0204. The number of alkyl halides is 3. The van der Waals surface area contributed by atoms with Crippen molar-refractivity contribution in [3.8, 4) is 11.5 Å². The minimum atomic E-state index is -4.49. The van der Waals surface area contributed by atoms with Gasteiger partial charge in [0.25, 0.3) is 0 Å². The van der Waals surface area contributed by atoms with Gasteiger partial charge in [0.15, 0.2) is 11.5 Å². The van der Waals surface area contributed by atoms with Crippen LogP contribution in [0.15, 0.2) is 85.5 Å². The van der Waals surface area contributed by atoms with Crippen molar-refractivity contribution in [2.24, 2.45) is 0 Å². The standard InChI is InChI=1S/C38H39F3N2O4/c1-2-20-42-22-19-36-33-27-14-15-30(44)34(33)47-35(36)29(17-18-37(36,46)31(42)24-27)43(21-7-11-25-8-4-3-5-9-25)32(45)16-13-26-10-6-12-28(23-26)38(39,40)41/h2-6,8-10,12-16,23,29,31,35,44,46H,1,7,11,17-22,24H2/t29-,31+,35-,36-,37+/m0/s1. The van der Waals surface area contributed by atoms with Crippen LogP contribution in [0.2, 0.25) is 0 Å². The lowest BCUT2D eigenvalue weighted by Gasteiger charge is -2.64. The third-order valence-corrected chi connectivity index (χ3v) is 10.9. The zero-order valence-corrected chi connectivity index (χ0v) is 26.1. The number of benzene rings is 3. The van der Waals surface area contributed by atoms with Gasteiger partial charge in [0, 0.05) is 30.8 Å². The van der Waals surface area contributed by atoms with Crippen molar-refractivity contribution in [2.45, 2.75) is 73.9 Å². The van der Waals surface area contributed by atoms with E-state index in [2.05, 4.69) is 11.5 Å². The molecule has 9 heteroatoms. The number of rotatable bonds is 9. The Hall–Kier alpha value is -4.08. The summed E-state index contributed by atoms with van der Waals surface area (Å²) < 4.78 is 46.9. The number of hydrogen-bond acceptors (Lipinski definition) is 5. The average Bonchev–Trinajstić information content (AvgIpc) is 3.41. The van der Waals surface area contributed by atoms with Gasteiger partial charge in [-0.2, -0.15) is 13.2 Å². The molecule has 0 unspecified atom stereocenters. The van der Waals surface area contributed by atoms with Gasteiger partial charge in [-0.25, -0.2) is 0 Å². The van der Waals surface area contributed by atoms with Crippen LogP contribution in [0.5, 0.6) is 11.5 Å². The van der Waals surface area contributed by atoms with E-state index >= 15 is 0 Å². The highest BCUT2D eigenvalue weighted by atomic mass is 19.4. The van der Waals surface area contributed by atoms with E-state index in [1.807, 2.05) is 42.5 Å². The monoisotopic (exact) mass is 644 g/mol. The van der Waals surface area contributed by atoms with Gasteiger partial charge in [-0.3, -0.25) is 9.69 Å². The number of phenolic OH excluding ortho intramolecular Hbond substituents is 1. The zero-order valence-electron chi connectivity index (χ0n) is 26.1. The first kappa shape index (κ1) is 31.5. The van der Waals surface area contributed by atoms with E-state index < -0.39 is 34.9 Å². The molecule has 2 heterocycles. The second-order valence-corrected chi connectivity index (χ2v) is 13.3. The number of hydrogen-bond donors (Lipinski definition) is 2. The van der Waals surface area contributed by atoms with Crippen LogP contribution in [0.4, 0.5) is 13.2 Å². The third-order valence-electron chi connectivity index (χ3n) is 10.9. The van der Waals surface area contributed by atoms with Crippen LogP contribution in [-0.4, -0.2) is 69.3 Å². The van der Waals surface area contributed by atoms with Crippen molar-refractivity contribution < 1.29 is 32.9 Å². The number of likely N-dealkylation sites (tertiary alicyclic amines) is 1. The summed E-state index contributed by atoms with van der Waals surface area (Å²) in [6.07, 6.45) is 3.04. The van der Waals surface area contributed by atoms with Gasteiger partial charge in [-0.05, 0) is 86.0 Å². The number of aliphatic hydroxyl groups is 1. The molecule has 2 aliphatic heterocycles. The summed E-state index contributed by atoms with van der Waals surface area (Å²) in [5.41, 5.74) is 0.560. The molecule has 0 aromatic heterocycles. The molecule has 0 radical (unpaired) electrons. The van der Waals surface area contributed by atoms with Crippen LogP contribution in [0.25, 0.3) is 6.08 Å². The van der Waals surface area contributed by atoms with Crippen molar-refractivity contribution in [1.29, 1.82) is 0 Å². The molecule has 246 valence electrons. The summed E-state index contributed by atoms with van der Waals surface area (Å²) in [5, 5.41) is 23.8. The van der Waals surface area contributed by atoms with Gasteiger partial charge in [0.05, 0.1) is 22.6 Å². The lowest BCUT2D eigenvalue weighted by molar-refractivity contribution is -0.199. The molecule has 2 aliphatic carbocycles. The van der Waals surface area contributed by atoms with E-state index in [1.165, 1.54) is 18.2 Å². The second-order valence-electron chi connectivity index (χ2n) is 13.3. The average molecular weight is 645 g/mol. The molecule has 6 nitrogen and oxygen atoms in total. The molecule has 1 saturated carbocycles. The van der Waals surface area contributed by atoms with Crippen molar-refractivity contribution in [2.75, 3.05) is 19.6 Å². The molecular formula is C38H39F3N2O4. The van der Waals surface area contributed by atoms with Gasteiger partial charge in [0.2, 0.25) is 5.91 Å². The number of carbonyl (C=O) groups is 1. The number of nitrogens with zero attached hydrogens (tertiary/aromatic N) is 2. The minimum Gasteiger partial charge on any atom is -0.504 e. The van der Waals surface area contributed by atoms with Gasteiger partial charge in [0.1, 0.15) is 6.10 Å². The molecule has 7 rings (SSSR count). The molecule has 2 bridgehead atoms. The number of piperidine rings is 1. The Kier molecular flexibility index (Phi) is 7.96. The van der Waals surface area contributed by atoms with Gasteiger partial charge in [-0.15, -0.1) is 6.58 Å². The summed E-state index contributed by atoms with van der Waals surface area (Å²) in [6, 6.07) is 17.9. The summed E-state index contributed by atoms with van der Waals surface area (Å²) in [7, 11) is 0. The number of aryl methyl sites for hydroxylation is 1. The van der Waals surface area contributed by atoms with E-state index in [4.69, 9.17) is 4.74 Å². The van der Waals surface area contributed by atoms with Crippen LogP contribution in [0.1, 0.15) is 53.5 Å². The maximum Gasteiger partial charge on any atom is 0.416 e. The summed E-state index contributed by atoms with van der Waals surface area (Å²) in [4.78, 5) is 18.2. The van der Waals surface area contributed by atoms with E-state index in [0.717, 1.165) is 35.2 Å². The largest absolute Gasteiger partial charge is 0.504 e. The fourth-order valence-electron chi connectivity index (χ4n) is 8.93. The normalized spacial score (nSPS) is 27.7. The maximum atomic E-state index is 14.1. The molecule has 4 aliphatic rings. The van der Waals surface area contributed by atoms with E-state index in [-0.39, 0.29) is 23.3 Å². The third kappa shape index (κ3) is 5.15. The molecule has 2 fully saturated rings. The van der Waals surface area contributed by atoms with Crippen LogP contribution < -0.4 is 4.74 Å². The number of carbonyl (C=O) groups excluding carboxylic acids is 1. The summed E-state index contributed by atoms with van der Waals surface area (Å²) in [6.45, 7) is 5.68. The highest BCUT2D eigenvalue weighted by Gasteiger charge is 2.73. The maximum absolute atomic E-state index is 14.1. The Morgan fingerprint density at radius 3 is 2.68 bits per heavy atom. The van der Waals surface area contributed by atoms with E-state index in [0.29, 0.717) is 57.5 Å². The predicted octanol–water partition coefficient (Wildman–Crippen LogP) is 6.29. The second kappa shape index (κ2) is 11.9. The fraction of sp³-hybridized carbons (Fsp3) is 0.395. The Labute approximate surface area is 272 Å². The SMILES string of the molecule is C=CCN1CC[C@]23c4c5ccc(O)c4O[C@H]2[C@@H](N(CCCc2ccccc2)C(=O)C=Cc2cccc(C(F)(F)F)c2)CC[C@@]3(O)[C@H]1C5. The van der Waals surface area contributed by atoms with Crippen molar-refractivity contribution in [3.05, 3.63) is 113 Å². The molecule has 1 spiro atoms. The van der Waals surface area contributed by atoms with Crippen LogP contribution in [0, 0.1) is 0 Å². The van der Waals surface area contributed by atoms with Crippen molar-refractivity contribution in [3.63, 3.8) is 0 Å². The Balaban J connectivity index is 1.25. The molecule has 47 heavy (non-hydrogen) atoms. The fourth-order valence-corrected chi connectivity index (χ4v) is 8.93. The molecule has 5 atom stereocenters. The zero-order chi connectivity index (χ0) is 33.0. The summed E-state index contributed by atoms with van der Waals surface area (Å²) >= 11 is 0. The summed E-state index contributed by atoms with van der Waals surface area (Å²) in [5.74, 6) is 0.0828. The number of halogens is 3. The van der Waals surface area contributed by atoms with Crippen LogP contribution in [-0.2, 0) is 29.2 Å². The number of amides is 1. The van der Waals surface area contributed by atoms with E-state index in [1.54, 1.807) is 17.0 Å². The Morgan fingerprint density at radius 2 is 1.91 bits per heavy atom. The number of aromatic hydroxyl groups is 1. The topological polar surface area (TPSA) is 73.2 Å². The van der Waals surface area contributed by atoms with Gasteiger partial charge in [-0.1, -0.05) is 54.6 Å². The number of phenols is 1. The predicted molar refractivity (Wildman–Crippen MR) is 173 cm³/mol. The first-order valence-electron chi connectivity index (χ1n) is 16.4. The Bertz CT molecular complexity index is 1710. The molecule has 2 N–H and O–H groups in total. The highest BCUT2D eigenvalue weighted by Crippen LogP contribution is 2.65. The first-order valence-corrected chi connectivity index (χ1v) is 16.4. The molecule has 1 amide bonds. The quantitative estimate of drug-likeness (QED) is 0.212. The molecule has 3 aromatic rings. The highest BCUT2D eigenvalue weighted by molar-refractivity contribution is 5.92. The van der Waals surface area contributed by atoms with Crippen molar-refractivity contribution in [1.82, 2.24) is 9.80 Å². The Morgan fingerprint density at radius 1 is 1.11 bits per heavy atom. The van der Waals surface area contributed by atoms with Crippen LogP contribution in [0.3, 0.4) is 0 Å². The van der Waals surface area contributed by atoms with Crippen molar-refractivity contribution >= 4 is 12.0 Å². The van der Waals surface area contributed by atoms with Crippen LogP contribution >= 0.6 is 0 Å². The lowest BCUT2D eigenvalue weighted by atomic mass is 9.48. The molecule has 3 aromatic carbocycles. The van der Waals surface area contributed by atoms with Gasteiger partial charge < -0.3 is 19.8 Å². The number of ether oxygens (including phenoxy) is 1. The molecule has 1 saturated heterocycles. The van der Waals surface area contributed by atoms with Gasteiger partial charge >= 0.3 is 6.18 Å². The molecular weight excluding hydrogens is 605 g/mol. The lowest BCUT2D eigenvalue weighted by Crippen LogP contribution is -2.78.